The fourth-order valence-corrected chi connectivity index (χ4v) is 3.01. The van der Waals surface area contributed by atoms with Crippen molar-refractivity contribution in [3.8, 4) is 0 Å². The number of ether oxygens (including phenoxy) is 1. The molecule has 0 radical (unpaired) electrons. The average molecular weight is 361 g/mol. The molecule has 0 spiro atoms. The summed E-state index contributed by atoms with van der Waals surface area (Å²) >= 11 is 0. The summed E-state index contributed by atoms with van der Waals surface area (Å²) in [6.07, 6.45) is 8.33. The molecule has 2 rings (SSSR count). The van der Waals surface area contributed by atoms with Crippen molar-refractivity contribution < 1.29 is 39.4 Å². The van der Waals surface area contributed by atoms with E-state index in [0.29, 0.717) is 0 Å². The summed E-state index contributed by atoms with van der Waals surface area (Å²) < 4.78 is 6.23. The minimum absolute atomic E-state index is 0. The van der Waals surface area contributed by atoms with E-state index in [2.05, 4.69) is 31.0 Å². The van der Waals surface area contributed by atoms with Gasteiger partial charge in [-0.15, -0.1) is 0 Å². The van der Waals surface area contributed by atoms with Crippen LogP contribution in [-0.2, 0) is 4.74 Å². The normalized spacial score (nSPS) is 14.0. The average Bonchev–Trinajstić information content (AvgIpc) is 2.57. The molecule has 23 heavy (non-hydrogen) atoms. The van der Waals surface area contributed by atoms with Gasteiger partial charge in [-0.3, -0.25) is 0 Å². The predicted octanol–water partition coefficient (Wildman–Crippen LogP) is -3.87. The summed E-state index contributed by atoms with van der Waals surface area (Å²) in [6, 6.07) is 6.22. The molecule has 1 aromatic rings. The Hall–Kier alpha value is -0.770. The number of aromatic nitrogens is 1. The Labute approximate surface area is 153 Å². The number of pyridine rings is 1. The largest absolute Gasteiger partial charge is 1.00 e. The fourth-order valence-electron chi connectivity index (χ4n) is 3.01. The maximum absolute atomic E-state index is 6.23. The summed E-state index contributed by atoms with van der Waals surface area (Å²) in [5.41, 5.74) is 2.63. The van der Waals surface area contributed by atoms with Crippen LogP contribution in [0.5, 0.6) is 0 Å². The monoisotopic (exact) mass is 360 g/mol. The summed E-state index contributed by atoms with van der Waals surface area (Å²) in [5, 5.41) is 0. The van der Waals surface area contributed by atoms with E-state index in [4.69, 9.17) is 4.74 Å². The van der Waals surface area contributed by atoms with Crippen LogP contribution in [0.1, 0.15) is 51.6 Å². The van der Waals surface area contributed by atoms with E-state index in [9.17, 15) is 0 Å². The van der Waals surface area contributed by atoms with Gasteiger partial charge in [0, 0.05) is 12.1 Å². The minimum Gasteiger partial charge on any atom is -1.00 e. The summed E-state index contributed by atoms with van der Waals surface area (Å²) in [7, 11) is 0. The lowest BCUT2D eigenvalue weighted by molar-refractivity contribution is -0.896. The predicted molar refractivity (Wildman–Crippen MR) is 85.9 cm³/mol. The number of hydrogen-bond acceptors (Lipinski definition) is 1. The Balaban J connectivity index is 0.00000242. The Kier molecular flexibility index (Phi) is 12.2. The molecule has 0 atom stereocenters. The molecule has 0 bridgehead atoms. The van der Waals surface area contributed by atoms with Gasteiger partial charge < -0.3 is 34.5 Å². The van der Waals surface area contributed by atoms with E-state index in [1.165, 1.54) is 50.8 Å². The van der Waals surface area contributed by atoms with Gasteiger partial charge in [0.2, 0.25) is 5.69 Å². The highest BCUT2D eigenvalue weighted by atomic mass is 35.5. The second kappa shape index (κ2) is 12.6. The zero-order valence-corrected chi connectivity index (χ0v) is 15.8. The molecule has 1 saturated carbocycles. The molecule has 1 aliphatic rings. The van der Waals surface area contributed by atoms with Crippen molar-refractivity contribution in [3.63, 3.8) is 0 Å². The summed E-state index contributed by atoms with van der Waals surface area (Å²) in [4.78, 5) is 4.94. The molecular weight excluding hydrogens is 331 g/mol. The number of halogens is 2. The first-order valence-electron chi connectivity index (χ1n) is 8.50. The third-order valence-corrected chi connectivity index (χ3v) is 4.43. The molecule has 1 fully saturated rings. The number of rotatable bonds is 7. The number of likely N-dealkylation sites (N-methyl/N-ethyl adjacent to an activating group) is 1. The molecule has 0 aromatic carbocycles. The first kappa shape index (κ1) is 22.2. The van der Waals surface area contributed by atoms with Crippen molar-refractivity contribution in [1.82, 2.24) is 0 Å². The van der Waals surface area contributed by atoms with Gasteiger partial charge in [-0.1, -0.05) is 6.42 Å². The number of allylic oxidation sites excluding steroid dienone is 1. The standard InChI is InChI=1S/C18H28N2O.2ClH/c1-3-20(4-2)14-15-21-18(16-10-6-5-7-11-16)17-12-8-9-13-19-17;;/h8-9,12-13H,3-7,10-11,14-15H2,1-2H3;2*1H. The third-order valence-electron chi connectivity index (χ3n) is 4.43. The molecule has 1 aliphatic carbocycles. The van der Waals surface area contributed by atoms with E-state index in [-0.39, 0.29) is 24.8 Å². The van der Waals surface area contributed by atoms with Gasteiger partial charge in [0.15, 0.2) is 12.0 Å². The van der Waals surface area contributed by atoms with Gasteiger partial charge >= 0.3 is 0 Å². The molecule has 1 aromatic heterocycles. The molecule has 0 aliphatic heterocycles. The van der Waals surface area contributed by atoms with E-state index in [1.54, 1.807) is 4.90 Å². The van der Waals surface area contributed by atoms with Gasteiger partial charge in [0.05, 0.1) is 13.1 Å². The molecule has 0 amide bonds. The van der Waals surface area contributed by atoms with E-state index in [1.807, 2.05) is 12.3 Å². The maximum Gasteiger partial charge on any atom is 0.245 e. The van der Waals surface area contributed by atoms with Crippen molar-refractivity contribution in [2.45, 2.75) is 46.0 Å². The van der Waals surface area contributed by atoms with Crippen molar-refractivity contribution >= 4 is 5.76 Å². The number of hydrogen-bond donors (Lipinski definition) is 1. The highest BCUT2D eigenvalue weighted by Crippen LogP contribution is 2.29. The molecule has 5 heteroatoms. The minimum atomic E-state index is 0. The molecule has 3 nitrogen and oxygen atoms in total. The van der Waals surface area contributed by atoms with Crippen LogP contribution in [0.15, 0.2) is 30.0 Å². The van der Waals surface area contributed by atoms with Crippen LogP contribution >= 0.6 is 0 Å². The Morgan fingerprint density at radius 1 is 1.09 bits per heavy atom. The van der Waals surface area contributed by atoms with Crippen LogP contribution in [0.4, 0.5) is 0 Å². The highest BCUT2D eigenvalue weighted by molar-refractivity contribution is 5.58. The molecule has 2 N–H and O–H groups in total. The zero-order chi connectivity index (χ0) is 14.9. The lowest BCUT2D eigenvalue weighted by atomic mass is 9.93. The Morgan fingerprint density at radius 2 is 1.78 bits per heavy atom. The van der Waals surface area contributed by atoms with Crippen molar-refractivity contribution in [3.05, 3.63) is 35.7 Å². The lowest BCUT2D eigenvalue weighted by Crippen LogP contribution is -3.11. The van der Waals surface area contributed by atoms with Crippen molar-refractivity contribution in [2.24, 2.45) is 0 Å². The molecule has 0 unspecified atom stereocenters. The SMILES string of the molecule is CC[NH+](CC)CCOC(=C1CCCCC1)c1cccc[nH+]1.[Cl-].[Cl-]. The van der Waals surface area contributed by atoms with Crippen molar-refractivity contribution in [2.75, 3.05) is 26.2 Å². The quantitative estimate of drug-likeness (QED) is 0.495. The maximum atomic E-state index is 6.23. The molecule has 0 saturated heterocycles. The van der Waals surface area contributed by atoms with Crippen LogP contribution in [0, 0.1) is 0 Å². The van der Waals surface area contributed by atoms with Gasteiger partial charge in [0.25, 0.3) is 0 Å². The zero-order valence-electron chi connectivity index (χ0n) is 14.3. The van der Waals surface area contributed by atoms with Crippen LogP contribution in [0.2, 0.25) is 0 Å². The van der Waals surface area contributed by atoms with E-state index in [0.717, 1.165) is 24.6 Å². The molecule has 1 heterocycles. The topological polar surface area (TPSA) is 27.8 Å². The fraction of sp³-hybridized carbons (Fsp3) is 0.611. The molecular formula is C18H30Cl2N2O. The van der Waals surface area contributed by atoms with Crippen LogP contribution < -0.4 is 34.7 Å². The van der Waals surface area contributed by atoms with Gasteiger partial charge in [0.1, 0.15) is 13.2 Å². The number of nitrogens with one attached hydrogen (secondary N) is 2. The highest BCUT2D eigenvalue weighted by Gasteiger charge is 2.19. The number of H-pyrrole nitrogens is 1. The molecule has 132 valence electrons. The summed E-state index contributed by atoms with van der Waals surface area (Å²) in [6.45, 7) is 8.70. The van der Waals surface area contributed by atoms with Crippen molar-refractivity contribution in [1.29, 1.82) is 0 Å². The van der Waals surface area contributed by atoms with Gasteiger partial charge in [-0.25, -0.2) is 4.98 Å². The Bertz CT molecular complexity index is 440. The second-order valence-electron chi connectivity index (χ2n) is 5.83. The van der Waals surface area contributed by atoms with Crippen LogP contribution in [0.3, 0.4) is 0 Å². The smallest absolute Gasteiger partial charge is 0.245 e. The number of aromatic amines is 1. The summed E-state index contributed by atoms with van der Waals surface area (Å²) in [5.74, 6) is 1.11. The third kappa shape index (κ3) is 7.11. The van der Waals surface area contributed by atoms with Gasteiger partial charge in [-0.2, -0.15) is 0 Å². The number of quaternary nitrogens is 1. The van der Waals surface area contributed by atoms with Crippen LogP contribution in [0.25, 0.3) is 5.76 Å². The van der Waals surface area contributed by atoms with E-state index >= 15 is 0 Å². The lowest BCUT2D eigenvalue weighted by Gasteiger charge is -2.19. The second-order valence-corrected chi connectivity index (χ2v) is 5.83. The first-order chi connectivity index (χ1) is 10.3. The van der Waals surface area contributed by atoms with E-state index < -0.39 is 0 Å². The van der Waals surface area contributed by atoms with Crippen LogP contribution in [-0.4, -0.2) is 26.2 Å². The Morgan fingerprint density at radius 3 is 2.35 bits per heavy atom. The van der Waals surface area contributed by atoms with Gasteiger partial charge in [-0.05, 0) is 51.2 Å². The first-order valence-corrected chi connectivity index (χ1v) is 8.50.